The van der Waals surface area contributed by atoms with E-state index in [0.717, 1.165) is 43.0 Å². The largest absolute Gasteiger partial charge is 0.396 e. The summed E-state index contributed by atoms with van der Waals surface area (Å²) in [6, 6.07) is 7.02. The summed E-state index contributed by atoms with van der Waals surface area (Å²) in [6.45, 7) is 6.40. The van der Waals surface area contributed by atoms with Crippen LogP contribution in [-0.4, -0.2) is 39.0 Å². The summed E-state index contributed by atoms with van der Waals surface area (Å²) in [4.78, 5) is 2.52. The standard InChI is InChI=1S/C19H26FN3O/c1-14-19(13-22-11-3-5-17(22)6-4-12-24)15(2)23(21-14)18-9-7-16(20)8-10-18/h7-10,17,24H,3-6,11-13H2,1-2H3. The molecule has 1 N–H and O–H groups in total. The van der Waals surface area contributed by atoms with Crippen molar-refractivity contribution in [1.82, 2.24) is 14.7 Å². The van der Waals surface area contributed by atoms with Gasteiger partial charge in [-0.15, -0.1) is 0 Å². The van der Waals surface area contributed by atoms with Crippen LogP contribution in [0.1, 0.15) is 42.6 Å². The van der Waals surface area contributed by atoms with Crippen molar-refractivity contribution >= 4 is 0 Å². The normalized spacial score (nSPS) is 18.4. The number of likely N-dealkylation sites (tertiary alicyclic amines) is 1. The molecular weight excluding hydrogens is 305 g/mol. The second-order valence-corrected chi connectivity index (χ2v) is 6.67. The lowest BCUT2D eigenvalue weighted by atomic mass is 10.1. The fraction of sp³-hybridized carbons (Fsp3) is 0.526. The number of rotatable bonds is 6. The minimum atomic E-state index is -0.232. The fourth-order valence-corrected chi connectivity index (χ4v) is 3.70. The van der Waals surface area contributed by atoms with Gasteiger partial charge in [-0.3, -0.25) is 4.90 Å². The number of benzene rings is 1. The highest BCUT2D eigenvalue weighted by molar-refractivity contribution is 5.37. The number of aromatic nitrogens is 2. The van der Waals surface area contributed by atoms with Gasteiger partial charge in [-0.05, 0) is 70.3 Å². The second-order valence-electron chi connectivity index (χ2n) is 6.67. The van der Waals surface area contributed by atoms with E-state index in [2.05, 4.69) is 16.9 Å². The molecule has 1 aliphatic rings. The second kappa shape index (κ2) is 7.45. The van der Waals surface area contributed by atoms with Crippen LogP contribution in [0.25, 0.3) is 5.69 Å². The number of aryl methyl sites for hydroxylation is 1. The van der Waals surface area contributed by atoms with Crippen molar-refractivity contribution in [3.05, 3.63) is 47.0 Å². The van der Waals surface area contributed by atoms with Crippen molar-refractivity contribution in [2.24, 2.45) is 0 Å². The maximum absolute atomic E-state index is 13.1. The molecule has 0 radical (unpaired) electrons. The van der Waals surface area contributed by atoms with Crippen LogP contribution >= 0.6 is 0 Å². The molecular formula is C19H26FN3O. The zero-order valence-electron chi connectivity index (χ0n) is 14.5. The Labute approximate surface area is 142 Å². The lowest BCUT2D eigenvalue weighted by Gasteiger charge is -2.24. The van der Waals surface area contributed by atoms with Crippen LogP contribution < -0.4 is 0 Å². The van der Waals surface area contributed by atoms with Crippen molar-refractivity contribution < 1.29 is 9.50 Å². The predicted molar refractivity (Wildman–Crippen MR) is 92.7 cm³/mol. The molecule has 1 aliphatic heterocycles. The number of halogens is 1. The molecule has 0 aliphatic carbocycles. The first-order chi connectivity index (χ1) is 11.6. The van der Waals surface area contributed by atoms with Gasteiger partial charge in [-0.1, -0.05) is 0 Å². The van der Waals surface area contributed by atoms with Gasteiger partial charge in [-0.2, -0.15) is 5.10 Å². The predicted octanol–water partition coefficient (Wildman–Crippen LogP) is 3.37. The number of nitrogens with zero attached hydrogens (tertiary/aromatic N) is 3. The molecule has 1 unspecified atom stereocenters. The van der Waals surface area contributed by atoms with Crippen LogP contribution in [0.3, 0.4) is 0 Å². The van der Waals surface area contributed by atoms with E-state index in [9.17, 15) is 4.39 Å². The number of hydrogen-bond acceptors (Lipinski definition) is 3. The van der Waals surface area contributed by atoms with Crippen LogP contribution in [0.5, 0.6) is 0 Å². The Hall–Kier alpha value is -1.72. The van der Waals surface area contributed by atoms with Crippen LogP contribution in [-0.2, 0) is 6.54 Å². The van der Waals surface area contributed by atoms with E-state index >= 15 is 0 Å². The van der Waals surface area contributed by atoms with E-state index in [4.69, 9.17) is 5.11 Å². The first-order valence-corrected chi connectivity index (χ1v) is 8.76. The molecule has 2 heterocycles. The molecule has 1 aromatic heterocycles. The van der Waals surface area contributed by atoms with Crippen LogP contribution in [0.4, 0.5) is 4.39 Å². The highest BCUT2D eigenvalue weighted by Crippen LogP contribution is 2.26. The van der Waals surface area contributed by atoms with Gasteiger partial charge >= 0.3 is 0 Å². The van der Waals surface area contributed by atoms with Gasteiger partial charge < -0.3 is 5.11 Å². The molecule has 1 aromatic carbocycles. The molecule has 1 fully saturated rings. The lowest BCUT2D eigenvalue weighted by molar-refractivity contribution is 0.209. The first kappa shape index (κ1) is 17.1. The third-order valence-electron chi connectivity index (χ3n) is 5.07. The summed E-state index contributed by atoms with van der Waals surface area (Å²) in [5, 5.41) is 13.7. The Bertz CT molecular complexity index is 681. The molecule has 0 bridgehead atoms. The van der Waals surface area contributed by atoms with E-state index in [-0.39, 0.29) is 12.4 Å². The van der Waals surface area contributed by atoms with Gasteiger partial charge in [0.25, 0.3) is 0 Å². The fourth-order valence-electron chi connectivity index (χ4n) is 3.70. The topological polar surface area (TPSA) is 41.3 Å². The third-order valence-corrected chi connectivity index (χ3v) is 5.07. The van der Waals surface area contributed by atoms with Crippen molar-refractivity contribution in [3.63, 3.8) is 0 Å². The smallest absolute Gasteiger partial charge is 0.123 e. The average molecular weight is 331 g/mol. The maximum Gasteiger partial charge on any atom is 0.123 e. The quantitative estimate of drug-likeness (QED) is 0.882. The Balaban J connectivity index is 1.80. The minimum Gasteiger partial charge on any atom is -0.396 e. The van der Waals surface area contributed by atoms with Crippen molar-refractivity contribution in [2.45, 2.75) is 52.1 Å². The summed E-state index contributed by atoms with van der Waals surface area (Å²) in [5.74, 6) is -0.232. The Kier molecular flexibility index (Phi) is 5.31. The molecule has 5 heteroatoms. The van der Waals surface area contributed by atoms with Gasteiger partial charge in [0, 0.05) is 30.5 Å². The molecule has 3 rings (SSSR count). The Morgan fingerprint density at radius 2 is 2.00 bits per heavy atom. The molecule has 0 saturated carbocycles. The van der Waals surface area contributed by atoms with Crippen LogP contribution in [0, 0.1) is 19.7 Å². The molecule has 24 heavy (non-hydrogen) atoms. The molecule has 0 amide bonds. The highest BCUT2D eigenvalue weighted by atomic mass is 19.1. The summed E-state index contributed by atoms with van der Waals surface area (Å²) in [6.07, 6.45) is 4.36. The zero-order chi connectivity index (χ0) is 17.1. The monoisotopic (exact) mass is 331 g/mol. The summed E-state index contributed by atoms with van der Waals surface area (Å²) in [7, 11) is 0. The number of hydrogen-bond donors (Lipinski definition) is 1. The zero-order valence-corrected chi connectivity index (χ0v) is 14.5. The maximum atomic E-state index is 13.1. The molecule has 0 spiro atoms. The summed E-state index contributed by atoms with van der Waals surface area (Å²) >= 11 is 0. The van der Waals surface area contributed by atoms with Gasteiger partial charge in [0.2, 0.25) is 0 Å². The molecule has 130 valence electrons. The molecule has 4 nitrogen and oxygen atoms in total. The molecule has 1 saturated heterocycles. The van der Waals surface area contributed by atoms with E-state index in [1.807, 2.05) is 11.6 Å². The molecule has 1 atom stereocenters. The average Bonchev–Trinajstić information content (AvgIpc) is 3.13. The first-order valence-electron chi connectivity index (χ1n) is 8.76. The number of aliphatic hydroxyl groups excluding tert-OH is 1. The van der Waals surface area contributed by atoms with Gasteiger partial charge in [0.1, 0.15) is 5.82 Å². The van der Waals surface area contributed by atoms with E-state index < -0.39 is 0 Å². The van der Waals surface area contributed by atoms with Crippen molar-refractivity contribution in [3.8, 4) is 5.69 Å². The summed E-state index contributed by atoms with van der Waals surface area (Å²) in [5.41, 5.74) is 4.30. The lowest BCUT2D eigenvalue weighted by Crippen LogP contribution is -2.29. The number of aliphatic hydroxyl groups is 1. The van der Waals surface area contributed by atoms with Crippen molar-refractivity contribution in [2.75, 3.05) is 13.2 Å². The highest BCUT2D eigenvalue weighted by Gasteiger charge is 2.26. The van der Waals surface area contributed by atoms with Crippen molar-refractivity contribution in [1.29, 1.82) is 0 Å². The Morgan fingerprint density at radius 3 is 2.71 bits per heavy atom. The van der Waals surface area contributed by atoms with Gasteiger partial charge in [0.05, 0.1) is 11.4 Å². The van der Waals surface area contributed by atoms with Gasteiger partial charge in [0.15, 0.2) is 0 Å². The van der Waals surface area contributed by atoms with E-state index in [0.29, 0.717) is 6.04 Å². The van der Waals surface area contributed by atoms with E-state index in [1.54, 1.807) is 12.1 Å². The minimum absolute atomic E-state index is 0.232. The SMILES string of the molecule is Cc1nn(-c2ccc(F)cc2)c(C)c1CN1CCCC1CCCO. The van der Waals surface area contributed by atoms with Crippen LogP contribution in [0.2, 0.25) is 0 Å². The summed E-state index contributed by atoms with van der Waals surface area (Å²) < 4.78 is 15.1. The Morgan fingerprint density at radius 1 is 1.25 bits per heavy atom. The molecule has 2 aromatic rings. The van der Waals surface area contributed by atoms with Crippen LogP contribution in [0.15, 0.2) is 24.3 Å². The van der Waals surface area contributed by atoms with Gasteiger partial charge in [-0.25, -0.2) is 9.07 Å². The van der Waals surface area contributed by atoms with E-state index in [1.165, 1.54) is 30.5 Å². The third kappa shape index (κ3) is 3.52.